The molecular formula is C14H22N2O2S2. The van der Waals surface area contributed by atoms with Gasteiger partial charge in [-0.25, -0.2) is 13.1 Å². The molecule has 1 aromatic carbocycles. The fraction of sp³-hybridized carbons (Fsp3) is 0.571. The lowest BCUT2D eigenvalue weighted by Crippen LogP contribution is -2.53. The fourth-order valence-electron chi connectivity index (χ4n) is 2.39. The highest BCUT2D eigenvalue weighted by Crippen LogP contribution is 2.35. The molecule has 2 rings (SSSR count). The molecule has 0 radical (unpaired) electrons. The molecule has 1 saturated carbocycles. The molecule has 0 atom stereocenters. The van der Waals surface area contributed by atoms with E-state index in [2.05, 4.69) is 4.72 Å². The first kappa shape index (κ1) is 15.7. The summed E-state index contributed by atoms with van der Waals surface area (Å²) in [4.78, 5) is 1.01. The molecule has 0 aromatic heterocycles. The molecule has 1 aliphatic rings. The summed E-state index contributed by atoms with van der Waals surface area (Å²) in [5.74, 6) is 0.687. The smallest absolute Gasteiger partial charge is 0.212 e. The van der Waals surface area contributed by atoms with E-state index in [1.807, 2.05) is 31.2 Å². The van der Waals surface area contributed by atoms with Crippen molar-refractivity contribution in [3.05, 3.63) is 24.3 Å². The highest BCUT2D eigenvalue weighted by atomic mass is 32.2. The van der Waals surface area contributed by atoms with Crippen LogP contribution in [0, 0.1) is 0 Å². The van der Waals surface area contributed by atoms with E-state index in [0.29, 0.717) is 11.4 Å². The first-order valence-corrected chi connectivity index (χ1v) is 9.58. The summed E-state index contributed by atoms with van der Waals surface area (Å²) in [6.07, 6.45) is 3.92. The second-order valence-electron chi connectivity index (χ2n) is 5.33. The number of rotatable bonds is 7. The van der Waals surface area contributed by atoms with Crippen molar-refractivity contribution in [3.8, 4) is 0 Å². The van der Waals surface area contributed by atoms with Crippen molar-refractivity contribution in [2.24, 2.45) is 0 Å². The first-order valence-electron chi connectivity index (χ1n) is 6.95. The molecule has 112 valence electrons. The van der Waals surface area contributed by atoms with Crippen LogP contribution < -0.4 is 10.5 Å². The number of benzene rings is 1. The van der Waals surface area contributed by atoms with Gasteiger partial charge in [-0.2, -0.15) is 0 Å². The van der Waals surface area contributed by atoms with E-state index >= 15 is 0 Å². The van der Waals surface area contributed by atoms with E-state index in [1.54, 1.807) is 0 Å². The number of hydrogen-bond acceptors (Lipinski definition) is 4. The van der Waals surface area contributed by atoms with E-state index in [9.17, 15) is 8.42 Å². The molecule has 0 saturated heterocycles. The van der Waals surface area contributed by atoms with Gasteiger partial charge in [0.05, 0.1) is 5.75 Å². The van der Waals surface area contributed by atoms with Crippen LogP contribution >= 0.6 is 11.8 Å². The summed E-state index contributed by atoms with van der Waals surface area (Å²) in [6.45, 7) is 2.04. The van der Waals surface area contributed by atoms with Gasteiger partial charge in [0, 0.05) is 21.9 Å². The lowest BCUT2D eigenvalue weighted by atomic mass is 9.76. The Labute approximate surface area is 125 Å². The van der Waals surface area contributed by atoms with Gasteiger partial charge in [0.2, 0.25) is 10.0 Å². The van der Waals surface area contributed by atoms with Crippen molar-refractivity contribution >= 4 is 27.5 Å². The zero-order chi connectivity index (χ0) is 14.6. The van der Waals surface area contributed by atoms with Gasteiger partial charge in [-0.1, -0.05) is 13.0 Å². The van der Waals surface area contributed by atoms with E-state index in [0.717, 1.165) is 30.6 Å². The van der Waals surface area contributed by atoms with Crippen LogP contribution in [0.3, 0.4) is 0 Å². The largest absolute Gasteiger partial charge is 0.399 e. The summed E-state index contributed by atoms with van der Waals surface area (Å²) in [5.41, 5.74) is 6.24. The Kier molecular flexibility index (Phi) is 4.99. The minimum Gasteiger partial charge on any atom is -0.399 e. The average Bonchev–Trinajstić information content (AvgIpc) is 2.34. The SMILES string of the molecule is CCC1(NS(=O)(=O)CCSc2cccc(N)c2)CCC1. The van der Waals surface area contributed by atoms with Crippen LogP contribution in [0.5, 0.6) is 0 Å². The second kappa shape index (κ2) is 6.37. The highest BCUT2D eigenvalue weighted by Gasteiger charge is 2.38. The quantitative estimate of drug-likeness (QED) is 0.599. The van der Waals surface area contributed by atoms with Gasteiger partial charge < -0.3 is 5.73 Å². The summed E-state index contributed by atoms with van der Waals surface area (Å²) in [7, 11) is -3.19. The standard InChI is InChI=1S/C14H22N2O2S2/c1-2-14(7-4-8-14)16-20(17,18)10-9-19-13-6-3-5-12(15)11-13/h3,5-6,11,16H,2,4,7-10,15H2,1H3. The third kappa shape index (κ3) is 4.14. The number of nitrogen functional groups attached to an aromatic ring is 1. The summed E-state index contributed by atoms with van der Waals surface area (Å²) in [6, 6.07) is 7.51. The molecule has 20 heavy (non-hydrogen) atoms. The van der Waals surface area contributed by atoms with Gasteiger partial charge >= 0.3 is 0 Å². The molecule has 6 heteroatoms. The van der Waals surface area contributed by atoms with Crippen LogP contribution in [0.2, 0.25) is 0 Å². The lowest BCUT2D eigenvalue weighted by Gasteiger charge is -2.41. The molecular weight excluding hydrogens is 292 g/mol. The molecule has 1 aromatic rings. The molecule has 0 spiro atoms. The minimum atomic E-state index is -3.19. The molecule has 1 aliphatic carbocycles. The third-order valence-electron chi connectivity index (χ3n) is 3.84. The van der Waals surface area contributed by atoms with Crippen LogP contribution in [0.1, 0.15) is 32.6 Å². The lowest BCUT2D eigenvalue weighted by molar-refractivity contribution is 0.214. The molecule has 0 amide bonds. The fourth-order valence-corrected chi connectivity index (χ4v) is 5.34. The zero-order valence-electron chi connectivity index (χ0n) is 11.8. The van der Waals surface area contributed by atoms with E-state index < -0.39 is 10.0 Å². The van der Waals surface area contributed by atoms with Crippen molar-refractivity contribution < 1.29 is 8.42 Å². The number of nitrogens with one attached hydrogen (secondary N) is 1. The minimum absolute atomic E-state index is 0.147. The van der Waals surface area contributed by atoms with Crippen LogP contribution in [0.15, 0.2) is 29.2 Å². The Bertz CT molecular complexity index is 549. The topological polar surface area (TPSA) is 72.2 Å². The third-order valence-corrected chi connectivity index (χ3v) is 6.58. The van der Waals surface area contributed by atoms with Gasteiger partial charge in [-0.3, -0.25) is 0 Å². The van der Waals surface area contributed by atoms with Crippen LogP contribution in [0.4, 0.5) is 5.69 Å². The molecule has 1 fully saturated rings. The molecule has 3 N–H and O–H groups in total. The van der Waals surface area contributed by atoms with Crippen LogP contribution in [-0.2, 0) is 10.0 Å². The average molecular weight is 314 g/mol. The maximum atomic E-state index is 12.1. The van der Waals surface area contributed by atoms with Crippen molar-refractivity contribution in [2.75, 3.05) is 17.2 Å². The monoisotopic (exact) mass is 314 g/mol. The Morgan fingerprint density at radius 2 is 2.15 bits per heavy atom. The second-order valence-corrected chi connectivity index (χ2v) is 8.34. The van der Waals surface area contributed by atoms with Crippen molar-refractivity contribution in [1.29, 1.82) is 0 Å². The van der Waals surface area contributed by atoms with Crippen molar-refractivity contribution in [1.82, 2.24) is 4.72 Å². The maximum absolute atomic E-state index is 12.1. The normalized spacial score (nSPS) is 17.6. The Morgan fingerprint density at radius 3 is 2.70 bits per heavy atom. The first-order chi connectivity index (χ1) is 9.45. The Hall–Kier alpha value is -0.720. The van der Waals surface area contributed by atoms with Crippen molar-refractivity contribution in [2.45, 2.75) is 43.0 Å². The van der Waals surface area contributed by atoms with Gasteiger partial charge in [-0.05, 0) is 43.9 Å². The molecule has 0 unspecified atom stereocenters. The molecule has 0 aliphatic heterocycles. The summed E-state index contributed by atoms with van der Waals surface area (Å²) in [5, 5.41) is 0. The van der Waals surface area contributed by atoms with Crippen LogP contribution in [0.25, 0.3) is 0 Å². The predicted molar refractivity (Wildman–Crippen MR) is 85.4 cm³/mol. The summed E-state index contributed by atoms with van der Waals surface area (Å²) >= 11 is 1.52. The molecule has 0 heterocycles. The maximum Gasteiger partial charge on any atom is 0.212 e. The number of sulfonamides is 1. The Balaban J connectivity index is 1.83. The van der Waals surface area contributed by atoms with Gasteiger partial charge in [-0.15, -0.1) is 11.8 Å². The predicted octanol–water partition coefficient (Wildman–Crippen LogP) is 2.61. The van der Waals surface area contributed by atoms with Gasteiger partial charge in [0.1, 0.15) is 0 Å². The molecule has 0 bridgehead atoms. The van der Waals surface area contributed by atoms with Crippen LogP contribution in [-0.4, -0.2) is 25.5 Å². The van der Waals surface area contributed by atoms with Gasteiger partial charge in [0.25, 0.3) is 0 Å². The van der Waals surface area contributed by atoms with Crippen molar-refractivity contribution in [3.63, 3.8) is 0 Å². The van der Waals surface area contributed by atoms with Gasteiger partial charge in [0.15, 0.2) is 0 Å². The zero-order valence-corrected chi connectivity index (χ0v) is 13.4. The number of hydrogen-bond donors (Lipinski definition) is 2. The van der Waals surface area contributed by atoms with E-state index in [1.165, 1.54) is 11.8 Å². The highest BCUT2D eigenvalue weighted by molar-refractivity contribution is 8.00. The van der Waals surface area contributed by atoms with E-state index in [-0.39, 0.29) is 11.3 Å². The van der Waals surface area contributed by atoms with E-state index in [4.69, 9.17) is 5.73 Å². The summed E-state index contributed by atoms with van der Waals surface area (Å²) < 4.78 is 27.1. The Morgan fingerprint density at radius 1 is 1.40 bits per heavy atom. The number of nitrogens with two attached hydrogens (primary N) is 1. The molecule has 4 nitrogen and oxygen atoms in total. The number of anilines is 1. The number of thioether (sulfide) groups is 1.